The number of benzene rings is 3. The molecule has 0 amide bonds. The van der Waals surface area contributed by atoms with Gasteiger partial charge in [0, 0.05) is 11.1 Å². The van der Waals surface area contributed by atoms with Gasteiger partial charge in [0.05, 0.1) is 15.1 Å². The van der Waals surface area contributed by atoms with Crippen LogP contribution in [0.5, 0.6) is 11.5 Å². The highest BCUT2D eigenvalue weighted by atomic mass is 32.1. The van der Waals surface area contributed by atoms with Crippen molar-refractivity contribution in [2.45, 2.75) is 0 Å². The number of nitrogens with one attached hydrogen (secondary N) is 1. The van der Waals surface area contributed by atoms with Crippen LogP contribution in [0.1, 0.15) is 4.88 Å². The van der Waals surface area contributed by atoms with Crippen LogP contribution in [0.4, 0.5) is 11.5 Å². The summed E-state index contributed by atoms with van der Waals surface area (Å²) < 4.78 is 7.05. The van der Waals surface area contributed by atoms with E-state index in [1.54, 1.807) is 0 Å². The van der Waals surface area contributed by atoms with Crippen molar-refractivity contribution in [1.29, 1.82) is 0 Å². The van der Waals surface area contributed by atoms with Gasteiger partial charge in [-0.3, -0.25) is 0 Å². The van der Waals surface area contributed by atoms with E-state index in [4.69, 9.17) is 11.2 Å². The number of aromatic nitrogens is 2. The second-order valence-electron chi connectivity index (χ2n) is 6.42. The largest absolute Gasteiger partial charge is 0.457 e. The van der Waals surface area contributed by atoms with Gasteiger partial charge >= 0.3 is 0 Å². The van der Waals surface area contributed by atoms with Crippen molar-refractivity contribution < 1.29 is 4.74 Å². The number of thiophene rings is 1. The van der Waals surface area contributed by atoms with Crippen molar-refractivity contribution in [2.24, 2.45) is 0 Å². The fraction of sp³-hybridized carbons (Fsp3) is 0. The zero-order valence-electron chi connectivity index (χ0n) is 15.3. The molecule has 0 bridgehead atoms. The summed E-state index contributed by atoms with van der Waals surface area (Å²) in [7, 11) is 0. The molecule has 2 heterocycles. The Bertz CT molecular complexity index is 1360. The number of fused-ring (bicyclic) bond motifs is 2. The van der Waals surface area contributed by atoms with Crippen LogP contribution in [-0.2, 0) is 0 Å². The quantitative estimate of drug-likeness (QED) is 0.361. The van der Waals surface area contributed by atoms with E-state index in [2.05, 4.69) is 39.4 Å². The van der Waals surface area contributed by atoms with Crippen LogP contribution in [-0.4, -0.2) is 9.97 Å². The number of ether oxygens (including phenoxy) is 1. The highest BCUT2D eigenvalue weighted by Gasteiger charge is 2.09. The molecule has 138 valence electrons. The lowest BCUT2D eigenvalue weighted by Crippen LogP contribution is -1.94. The van der Waals surface area contributed by atoms with Crippen LogP contribution in [0.2, 0.25) is 0 Å². The molecular weight excluding hydrogens is 378 g/mol. The van der Waals surface area contributed by atoms with Gasteiger partial charge in [-0.15, -0.1) is 17.8 Å². The Labute approximate surface area is 171 Å². The van der Waals surface area contributed by atoms with Gasteiger partial charge in [0.2, 0.25) is 0 Å². The van der Waals surface area contributed by atoms with E-state index in [-0.39, 0.29) is 0 Å². The van der Waals surface area contributed by atoms with Gasteiger partial charge in [-0.1, -0.05) is 42.3 Å². The normalized spacial score (nSPS) is 10.7. The van der Waals surface area contributed by atoms with Gasteiger partial charge in [-0.05, 0) is 41.8 Å². The van der Waals surface area contributed by atoms with E-state index in [1.807, 2.05) is 54.6 Å². The van der Waals surface area contributed by atoms with E-state index in [0.717, 1.165) is 48.9 Å². The Morgan fingerprint density at radius 2 is 1.76 bits per heavy atom. The molecule has 3 aromatic carbocycles. The third-order valence-electron chi connectivity index (χ3n) is 4.55. The molecule has 0 unspecified atom stereocenters. The molecular formula is C24H15N3OS. The maximum Gasteiger partial charge on any atom is 0.151 e. The van der Waals surface area contributed by atoms with Gasteiger partial charge in [0.15, 0.2) is 5.82 Å². The highest BCUT2D eigenvalue weighted by molar-refractivity contribution is 7.20. The Morgan fingerprint density at radius 3 is 2.62 bits per heavy atom. The van der Waals surface area contributed by atoms with E-state index in [1.165, 1.54) is 17.7 Å². The van der Waals surface area contributed by atoms with E-state index >= 15 is 0 Å². The molecule has 0 spiro atoms. The summed E-state index contributed by atoms with van der Waals surface area (Å²) in [4.78, 5) is 9.48. The summed E-state index contributed by atoms with van der Waals surface area (Å²) in [5, 5.41) is 5.58. The van der Waals surface area contributed by atoms with Crippen molar-refractivity contribution in [3.8, 4) is 23.8 Å². The Kier molecular flexibility index (Phi) is 4.32. The van der Waals surface area contributed by atoms with E-state index < -0.39 is 0 Å². The van der Waals surface area contributed by atoms with Gasteiger partial charge in [0.1, 0.15) is 17.8 Å². The maximum absolute atomic E-state index is 6.11. The maximum atomic E-state index is 6.11. The first-order valence-corrected chi connectivity index (χ1v) is 9.86. The molecule has 0 radical (unpaired) electrons. The summed E-state index contributed by atoms with van der Waals surface area (Å²) in [6, 6.07) is 23.9. The smallest absolute Gasteiger partial charge is 0.151 e. The SMILES string of the molecule is C#Cc1cc2ncnc(Nc3ccc(Oc4cccc5ccccc45)cc3)c2s1. The number of nitrogens with zero attached hydrogens (tertiary/aromatic N) is 2. The highest BCUT2D eigenvalue weighted by Crippen LogP contribution is 2.32. The Hall–Kier alpha value is -3.88. The topological polar surface area (TPSA) is 47.0 Å². The van der Waals surface area contributed by atoms with E-state index in [0.29, 0.717) is 0 Å². The predicted octanol–water partition coefficient (Wildman–Crippen LogP) is 6.36. The first-order chi connectivity index (χ1) is 14.3. The van der Waals surface area contributed by atoms with Crippen LogP contribution in [0, 0.1) is 12.3 Å². The van der Waals surface area contributed by atoms with Crippen molar-refractivity contribution in [3.05, 3.63) is 84.0 Å². The van der Waals surface area contributed by atoms with Crippen molar-refractivity contribution in [3.63, 3.8) is 0 Å². The van der Waals surface area contributed by atoms with Gasteiger partial charge < -0.3 is 10.1 Å². The third kappa shape index (κ3) is 3.38. The van der Waals surface area contributed by atoms with Crippen LogP contribution < -0.4 is 10.1 Å². The first kappa shape index (κ1) is 17.2. The molecule has 4 nitrogen and oxygen atoms in total. The molecule has 0 aliphatic heterocycles. The average molecular weight is 393 g/mol. The van der Waals surface area contributed by atoms with Crippen molar-refractivity contribution in [2.75, 3.05) is 5.32 Å². The van der Waals surface area contributed by atoms with Crippen LogP contribution in [0.15, 0.2) is 79.1 Å². The molecule has 5 heteroatoms. The number of hydrogen-bond donors (Lipinski definition) is 1. The molecule has 0 saturated heterocycles. The summed E-state index contributed by atoms with van der Waals surface area (Å²) in [5.74, 6) is 5.00. The molecule has 0 aliphatic rings. The molecule has 1 N–H and O–H groups in total. The van der Waals surface area contributed by atoms with Crippen LogP contribution in [0.25, 0.3) is 21.0 Å². The third-order valence-corrected chi connectivity index (χ3v) is 5.61. The molecule has 0 aliphatic carbocycles. The fourth-order valence-electron chi connectivity index (χ4n) is 3.17. The van der Waals surface area contributed by atoms with Crippen LogP contribution >= 0.6 is 11.3 Å². The molecule has 2 aromatic heterocycles. The first-order valence-electron chi connectivity index (χ1n) is 9.04. The number of hydrogen-bond acceptors (Lipinski definition) is 5. The molecule has 5 aromatic rings. The standard InChI is InChI=1S/C24H15N3OS/c1-2-19-14-21-23(29-19)24(26-15-25-21)27-17-10-12-18(13-11-17)28-22-9-5-7-16-6-3-4-8-20(16)22/h1,3-15H,(H,25,26,27). The Balaban J connectivity index is 1.40. The second-order valence-corrected chi connectivity index (χ2v) is 7.47. The van der Waals surface area contributed by atoms with Crippen molar-refractivity contribution in [1.82, 2.24) is 9.97 Å². The van der Waals surface area contributed by atoms with Gasteiger partial charge in [0.25, 0.3) is 0 Å². The van der Waals surface area contributed by atoms with Crippen LogP contribution in [0.3, 0.4) is 0 Å². The van der Waals surface area contributed by atoms with Crippen molar-refractivity contribution >= 4 is 43.8 Å². The average Bonchev–Trinajstić information content (AvgIpc) is 3.20. The summed E-state index contributed by atoms with van der Waals surface area (Å²) in [6.45, 7) is 0. The summed E-state index contributed by atoms with van der Waals surface area (Å²) in [6.07, 6.45) is 7.05. The molecule has 0 fully saturated rings. The predicted molar refractivity (Wildman–Crippen MR) is 119 cm³/mol. The lowest BCUT2D eigenvalue weighted by atomic mass is 10.1. The second kappa shape index (κ2) is 7.27. The monoisotopic (exact) mass is 393 g/mol. The Morgan fingerprint density at radius 1 is 0.931 bits per heavy atom. The zero-order chi connectivity index (χ0) is 19.6. The molecule has 0 saturated carbocycles. The number of rotatable bonds is 4. The fourth-order valence-corrected chi connectivity index (χ4v) is 4.04. The summed E-state index contributed by atoms with van der Waals surface area (Å²) in [5.41, 5.74) is 1.75. The lowest BCUT2D eigenvalue weighted by Gasteiger charge is -2.10. The van der Waals surface area contributed by atoms with Gasteiger partial charge in [-0.2, -0.15) is 0 Å². The minimum absolute atomic E-state index is 0.740. The zero-order valence-corrected chi connectivity index (χ0v) is 16.1. The number of terminal acetylenes is 1. The van der Waals surface area contributed by atoms with Gasteiger partial charge in [-0.25, -0.2) is 9.97 Å². The molecule has 29 heavy (non-hydrogen) atoms. The molecule has 0 atom stereocenters. The molecule has 5 rings (SSSR count). The minimum atomic E-state index is 0.740. The lowest BCUT2D eigenvalue weighted by molar-refractivity contribution is 0.488. The van der Waals surface area contributed by atoms with E-state index in [9.17, 15) is 0 Å². The minimum Gasteiger partial charge on any atom is -0.457 e. The summed E-state index contributed by atoms with van der Waals surface area (Å²) >= 11 is 1.50. The number of anilines is 2.